The molecule has 0 saturated carbocycles. The SMILES string of the molecule is COC(=O)C1=CN(C=C=O)C(C)=C(C(=O)OC)C1c1c(Cl)cccc1Cl. The number of hydrogen-bond donors (Lipinski definition) is 0. The van der Waals surface area contributed by atoms with Gasteiger partial charge in [-0.2, -0.15) is 0 Å². The Labute approximate surface area is 160 Å². The van der Waals surface area contributed by atoms with E-state index < -0.39 is 17.9 Å². The number of carbonyl (C=O) groups is 2. The van der Waals surface area contributed by atoms with Crippen LogP contribution in [-0.2, 0) is 23.9 Å². The molecule has 0 radical (unpaired) electrons. The molecule has 1 heterocycles. The minimum absolute atomic E-state index is 0.0694. The standard InChI is InChI=1S/C18H15Cl2NO5/c1-10-14(18(24)26-3)15(16-12(19)5-4-6-13(16)20)11(17(23)25-2)9-21(10)7-8-22/h4-7,9,15H,1-3H3. The van der Waals surface area contributed by atoms with Crippen molar-refractivity contribution in [3.8, 4) is 0 Å². The molecule has 1 atom stereocenters. The third-order valence-electron chi connectivity index (χ3n) is 3.96. The van der Waals surface area contributed by atoms with Crippen molar-refractivity contribution in [1.29, 1.82) is 0 Å². The molecule has 0 amide bonds. The Hall–Kier alpha value is -2.53. The zero-order chi connectivity index (χ0) is 19.4. The summed E-state index contributed by atoms with van der Waals surface area (Å²) in [5.74, 6) is -0.704. The van der Waals surface area contributed by atoms with Crippen LogP contribution < -0.4 is 0 Å². The number of hydrogen-bond acceptors (Lipinski definition) is 6. The zero-order valence-electron chi connectivity index (χ0n) is 14.2. The van der Waals surface area contributed by atoms with E-state index in [2.05, 4.69) is 0 Å². The summed E-state index contributed by atoms with van der Waals surface area (Å²) >= 11 is 12.6. The van der Waals surface area contributed by atoms with Crippen molar-refractivity contribution < 1.29 is 23.9 Å². The highest BCUT2D eigenvalue weighted by Crippen LogP contribution is 2.44. The Morgan fingerprint density at radius 1 is 1.15 bits per heavy atom. The number of methoxy groups -OCH3 is 2. The van der Waals surface area contributed by atoms with Crippen LogP contribution in [0.25, 0.3) is 0 Å². The fourth-order valence-corrected chi connectivity index (χ4v) is 3.38. The highest BCUT2D eigenvalue weighted by molar-refractivity contribution is 6.36. The van der Waals surface area contributed by atoms with E-state index in [4.69, 9.17) is 32.7 Å². The predicted octanol–water partition coefficient (Wildman–Crippen LogP) is 3.24. The fourth-order valence-electron chi connectivity index (χ4n) is 2.77. The average Bonchev–Trinajstić information content (AvgIpc) is 2.62. The number of carbonyl (C=O) groups excluding carboxylic acids is 3. The molecule has 0 aromatic heterocycles. The molecule has 2 rings (SSSR count). The monoisotopic (exact) mass is 395 g/mol. The maximum absolute atomic E-state index is 12.5. The maximum atomic E-state index is 12.5. The molecule has 0 N–H and O–H groups in total. The fraction of sp³-hybridized carbons (Fsp3) is 0.222. The van der Waals surface area contributed by atoms with E-state index in [1.807, 2.05) is 0 Å². The molecular formula is C18H15Cl2NO5. The molecule has 1 unspecified atom stereocenters. The Balaban J connectivity index is 2.85. The molecule has 0 spiro atoms. The molecule has 26 heavy (non-hydrogen) atoms. The summed E-state index contributed by atoms with van der Waals surface area (Å²) in [6, 6.07) is 4.84. The maximum Gasteiger partial charge on any atom is 0.336 e. The van der Waals surface area contributed by atoms with Crippen LogP contribution in [-0.4, -0.2) is 37.0 Å². The first-order chi connectivity index (χ1) is 12.4. The third kappa shape index (κ3) is 3.53. The molecule has 0 aliphatic carbocycles. The summed E-state index contributed by atoms with van der Waals surface area (Å²) in [4.78, 5) is 37.0. The highest BCUT2D eigenvalue weighted by Gasteiger charge is 2.39. The van der Waals surface area contributed by atoms with Gasteiger partial charge in [-0.3, -0.25) is 0 Å². The Kier molecular flexibility index (Phi) is 6.27. The second-order valence-electron chi connectivity index (χ2n) is 5.29. The van der Waals surface area contributed by atoms with Gasteiger partial charge in [0, 0.05) is 27.5 Å². The summed E-state index contributed by atoms with van der Waals surface area (Å²) in [6.07, 6.45) is 2.43. The van der Waals surface area contributed by atoms with Gasteiger partial charge in [-0.1, -0.05) is 29.3 Å². The van der Waals surface area contributed by atoms with Gasteiger partial charge >= 0.3 is 11.9 Å². The van der Waals surface area contributed by atoms with Crippen LogP contribution in [0.4, 0.5) is 0 Å². The average molecular weight is 396 g/mol. The summed E-state index contributed by atoms with van der Waals surface area (Å²) in [6.45, 7) is 1.60. The van der Waals surface area contributed by atoms with Crippen molar-refractivity contribution in [2.75, 3.05) is 14.2 Å². The largest absolute Gasteiger partial charge is 0.466 e. The predicted molar refractivity (Wildman–Crippen MR) is 96.1 cm³/mol. The number of rotatable bonds is 4. The first-order valence-corrected chi connectivity index (χ1v) is 8.15. The summed E-state index contributed by atoms with van der Waals surface area (Å²) in [5.41, 5.74) is 0.910. The molecule has 6 nitrogen and oxygen atoms in total. The normalized spacial score (nSPS) is 16.6. The van der Waals surface area contributed by atoms with Gasteiger partial charge in [-0.05, 0) is 19.1 Å². The lowest BCUT2D eigenvalue weighted by Crippen LogP contribution is -2.30. The van der Waals surface area contributed by atoms with Gasteiger partial charge in [0.25, 0.3) is 0 Å². The van der Waals surface area contributed by atoms with Gasteiger partial charge in [-0.25, -0.2) is 14.4 Å². The zero-order valence-corrected chi connectivity index (χ0v) is 15.7. The molecular weight excluding hydrogens is 381 g/mol. The van der Waals surface area contributed by atoms with Crippen molar-refractivity contribution in [2.45, 2.75) is 12.8 Å². The Morgan fingerprint density at radius 2 is 1.73 bits per heavy atom. The summed E-state index contributed by atoms with van der Waals surface area (Å²) < 4.78 is 9.72. The van der Waals surface area contributed by atoms with Gasteiger partial charge in [-0.15, -0.1) is 0 Å². The number of nitrogens with zero attached hydrogens (tertiary/aromatic N) is 1. The molecule has 136 valence electrons. The van der Waals surface area contributed by atoms with Gasteiger partial charge in [0.15, 0.2) is 0 Å². The summed E-state index contributed by atoms with van der Waals surface area (Å²) in [5, 5.41) is 0.539. The minimum atomic E-state index is -0.924. The number of benzene rings is 1. The lowest BCUT2D eigenvalue weighted by atomic mass is 9.81. The van der Waals surface area contributed by atoms with Crippen LogP contribution in [0.5, 0.6) is 0 Å². The van der Waals surface area contributed by atoms with E-state index >= 15 is 0 Å². The molecule has 0 bridgehead atoms. The van der Waals surface area contributed by atoms with Crippen molar-refractivity contribution in [2.24, 2.45) is 0 Å². The van der Waals surface area contributed by atoms with E-state index in [-0.39, 0.29) is 21.2 Å². The molecule has 1 aromatic carbocycles. The number of halogens is 2. The minimum Gasteiger partial charge on any atom is -0.466 e. The van der Waals surface area contributed by atoms with Crippen molar-refractivity contribution in [1.82, 2.24) is 4.90 Å². The lowest BCUT2D eigenvalue weighted by Gasteiger charge is -2.32. The van der Waals surface area contributed by atoms with Crippen LogP contribution in [0.15, 0.2) is 47.4 Å². The molecule has 0 saturated heterocycles. The molecule has 1 aliphatic heterocycles. The second-order valence-corrected chi connectivity index (χ2v) is 6.10. The number of esters is 2. The van der Waals surface area contributed by atoms with Crippen molar-refractivity contribution in [3.05, 3.63) is 63.1 Å². The highest BCUT2D eigenvalue weighted by atomic mass is 35.5. The smallest absolute Gasteiger partial charge is 0.336 e. The summed E-state index contributed by atoms with van der Waals surface area (Å²) in [7, 11) is 2.42. The van der Waals surface area contributed by atoms with Gasteiger partial charge in [0.05, 0.1) is 37.5 Å². The van der Waals surface area contributed by atoms with Crippen LogP contribution in [0, 0.1) is 0 Å². The molecule has 8 heteroatoms. The Morgan fingerprint density at radius 3 is 2.23 bits per heavy atom. The van der Waals surface area contributed by atoms with Crippen LogP contribution >= 0.6 is 23.2 Å². The quantitative estimate of drug-likeness (QED) is 0.575. The van der Waals surface area contributed by atoms with Crippen LogP contribution in [0.2, 0.25) is 10.0 Å². The molecule has 1 aromatic rings. The molecule has 1 aliphatic rings. The van der Waals surface area contributed by atoms with E-state index in [0.29, 0.717) is 11.3 Å². The van der Waals surface area contributed by atoms with Crippen LogP contribution in [0.1, 0.15) is 18.4 Å². The third-order valence-corrected chi connectivity index (χ3v) is 4.62. The molecule has 0 fully saturated rings. The number of allylic oxidation sites excluding steroid dienone is 1. The van der Waals surface area contributed by atoms with E-state index in [0.717, 1.165) is 6.20 Å². The topological polar surface area (TPSA) is 72.9 Å². The van der Waals surface area contributed by atoms with Crippen molar-refractivity contribution in [3.63, 3.8) is 0 Å². The first kappa shape index (κ1) is 19.8. The lowest BCUT2D eigenvalue weighted by molar-refractivity contribution is -0.137. The van der Waals surface area contributed by atoms with Crippen molar-refractivity contribution >= 4 is 41.1 Å². The second kappa shape index (κ2) is 8.23. The first-order valence-electron chi connectivity index (χ1n) is 7.39. The van der Waals surface area contributed by atoms with E-state index in [9.17, 15) is 14.4 Å². The van der Waals surface area contributed by atoms with E-state index in [1.165, 1.54) is 25.3 Å². The van der Waals surface area contributed by atoms with Gasteiger partial charge in [0.2, 0.25) is 0 Å². The number of ether oxygens (including phenoxy) is 2. The van der Waals surface area contributed by atoms with Gasteiger partial charge < -0.3 is 14.4 Å². The van der Waals surface area contributed by atoms with Crippen LogP contribution in [0.3, 0.4) is 0 Å². The van der Waals surface area contributed by atoms with E-state index in [1.54, 1.807) is 31.1 Å². The Bertz CT molecular complexity index is 848. The van der Waals surface area contributed by atoms with Gasteiger partial charge in [0.1, 0.15) is 5.94 Å².